The van der Waals surface area contributed by atoms with Gasteiger partial charge in [-0.25, -0.2) is 4.98 Å². The van der Waals surface area contributed by atoms with E-state index in [2.05, 4.69) is 10.3 Å². The molecule has 0 saturated heterocycles. The Labute approximate surface area is 185 Å². The average Bonchev–Trinajstić information content (AvgIpc) is 3.48. The number of nitrogens with zero attached hydrogens (tertiary/aromatic N) is 1. The number of furan rings is 1. The number of nitrogens with one attached hydrogen (secondary N) is 1. The van der Waals surface area contributed by atoms with Gasteiger partial charge < -0.3 is 14.5 Å². The minimum Gasteiger partial charge on any atom is -0.487 e. The Bertz CT molecular complexity index is 1130. The van der Waals surface area contributed by atoms with Gasteiger partial charge in [0.25, 0.3) is 0 Å². The van der Waals surface area contributed by atoms with Gasteiger partial charge in [-0.15, -0.1) is 11.3 Å². The van der Waals surface area contributed by atoms with Crippen molar-refractivity contribution in [2.45, 2.75) is 19.6 Å². The highest BCUT2D eigenvalue weighted by Gasteiger charge is 2.18. The van der Waals surface area contributed by atoms with Gasteiger partial charge in [0, 0.05) is 11.5 Å². The van der Waals surface area contributed by atoms with Crippen molar-refractivity contribution in [1.82, 2.24) is 10.3 Å². The molecule has 0 aliphatic heterocycles. The van der Waals surface area contributed by atoms with E-state index in [9.17, 15) is 4.79 Å². The number of carbonyl (C=O) groups is 1. The minimum atomic E-state index is -0.349. The van der Waals surface area contributed by atoms with Crippen LogP contribution in [-0.2, 0) is 11.4 Å². The highest BCUT2D eigenvalue weighted by molar-refractivity contribution is 7.09. The number of rotatable bonds is 8. The monoisotopic (exact) mass is 430 g/mol. The Balaban J connectivity index is 1.36. The highest BCUT2D eigenvalue weighted by Crippen LogP contribution is 2.22. The summed E-state index contributed by atoms with van der Waals surface area (Å²) in [5.41, 5.74) is 2.78. The van der Waals surface area contributed by atoms with Crippen LogP contribution in [0.15, 0.2) is 88.9 Å². The molecule has 1 atom stereocenters. The molecule has 0 aliphatic carbocycles. The first-order chi connectivity index (χ1) is 15.2. The zero-order valence-corrected chi connectivity index (χ0v) is 17.8. The molecule has 4 rings (SSSR count). The van der Waals surface area contributed by atoms with Gasteiger partial charge in [0.1, 0.15) is 24.2 Å². The fraction of sp³-hybridized carbons (Fsp3) is 0.120. The number of ether oxygens (including phenoxy) is 1. The lowest BCUT2D eigenvalue weighted by molar-refractivity contribution is -0.117. The maximum atomic E-state index is 12.6. The quantitative estimate of drug-likeness (QED) is 0.373. The van der Waals surface area contributed by atoms with Crippen molar-refractivity contribution in [1.29, 1.82) is 0 Å². The summed E-state index contributed by atoms with van der Waals surface area (Å²) in [5.74, 6) is 1.24. The summed E-state index contributed by atoms with van der Waals surface area (Å²) in [7, 11) is 0. The van der Waals surface area contributed by atoms with Crippen LogP contribution in [0.25, 0.3) is 6.08 Å². The molecule has 2 heterocycles. The van der Waals surface area contributed by atoms with Crippen LogP contribution in [0.1, 0.15) is 33.6 Å². The van der Waals surface area contributed by atoms with E-state index in [1.165, 1.54) is 6.08 Å². The second kappa shape index (κ2) is 9.91. The molecule has 6 heteroatoms. The lowest BCUT2D eigenvalue weighted by Gasteiger charge is -2.16. The Hall–Kier alpha value is -3.64. The van der Waals surface area contributed by atoms with E-state index < -0.39 is 0 Å². The van der Waals surface area contributed by atoms with Crippen molar-refractivity contribution < 1.29 is 13.9 Å². The molecule has 2 aromatic carbocycles. The Morgan fingerprint density at radius 2 is 1.94 bits per heavy atom. The van der Waals surface area contributed by atoms with Crippen LogP contribution in [0.5, 0.6) is 5.75 Å². The molecule has 4 aromatic rings. The topological polar surface area (TPSA) is 64.4 Å². The second-order valence-corrected chi connectivity index (χ2v) is 7.98. The van der Waals surface area contributed by atoms with Crippen LogP contribution < -0.4 is 10.1 Å². The van der Waals surface area contributed by atoms with E-state index in [0.717, 1.165) is 27.6 Å². The van der Waals surface area contributed by atoms with Crippen LogP contribution in [0, 0.1) is 6.92 Å². The molecular formula is C25H22N2O3S. The maximum Gasteiger partial charge on any atom is 0.244 e. The molecule has 0 saturated carbocycles. The van der Waals surface area contributed by atoms with Gasteiger partial charge in [-0.05, 0) is 48.4 Å². The molecule has 0 aliphatic rings. The van der Waals surface area contributed by atoms with Gasteiger partial charge >= 0.3 is 0 Å². The largest absolute Gasteiger partial charge is 0.487 e. The number of aromatic nitrogens is 1. The summed E-state index contributed by atoms with van der Waals surface area (Å²) in [6, 6.07) is 20.6. The van der Waals surface area contributed by atoms with Crippen molar-refractivity contribution >= 4 is 23.3 Å². The third-order valence-electron chi connectivity index (χ3n) is 4.61. The summed E-state index contributed by atoms with van der Waals surface area (Å²) >= 11 is 1.61. The number of carbonyl (C=O) groups excluding carboxylic acids is 1. The zero-order chi connectivity index (χ0) is 21.5. The molecule has 1 amide bonds. The normalized spacial score (nSPS) is 12.0. The number of benzene rings is 2. The fourth-order valence-corrected chi connectivity index (χ4v) is 3.69. The average molecular weight is 431 g/mol. The zero-order valence-electron chi connectivity index (χ0n) is 17.0. The fourth-order valence-electron chi connectivity index (χ4n) is 3.09. The molecule has 0 spiro atoms. The lowest BCUT2D eigenvalue weighted by Crippen LogP contribution is -2.27. The highest BCUT2D eigenvalue weighted by atomic mass is 32.1. The number of hydrogen-bond acceptors (Lipinski definition) is 5. The van der Waals surface area contributed by atoms with E-state index in [1.807, 2.05) is 79.0 Å². The van der Waals surface area contributed by atoms with E-state index in [4.69, 9.17) is 9.15 Å². The summed E-state index contributed by atoms with van der Waals surface area (Å²) < 4.78 is 11.3. The van der Waals surface area contributed by atoms with E-state index >= 15 is 0 Å². The van der Waals surface area contributed by atoms with Gasteiger partial charge in [-0.3, -0.25) is 4.79 Å². The van der Waals surface area contributed by atoms with Crippen molar-refractivity contribution in [3.8, 4) is 5.75 Å². The van der Waals surface area contributed by atoms with Crippen molar-refractivity contribution in [3.63, 3.8) is 0 Å². The standard InChI is InChI=1S/C25H22N2O3S/c1-18-26-21(17-31-18)16-30-22-12-9-19(10-13-22)11-14-24(28)27-25(23-8-5-15-29-23)20-6-3-2-4-7-20/h2-15,17,25H,16H2,1H3,(H,27,28)/b14-11+. The molecule has 5 nitrogen and oxygen atoms in total. The molecule has 156 valence electrons. The predicted molar refractivity (Wildman–Crippen MR) is 122 cm³/mol. The van der Waals surface area contributed by atoms with E-state index in [1.54, 1.807) is 23.7 Å². The lowest BCUT2D eigenvalue weighted by atomic mass is 10.0. The van der Waals surface area contributed by atoms with Crippen molar-refractivity contribution in [3.05, 3.63) is 112 Å². The first kappa shape index (κ1) is 20.6. The first-order valence-corrected chi connectivity index (χ1v) is 10.8. The van der Waals surface area contributed by atoms with Crippen LogP contribution in [0.3, 0.4) is 0 Å². The van der Waals surface area contributed by atoms with Gasteiger partial charge in [-0.2, -0.15) is 0 Å². The summed E-state index contributed by atoms with van der Waals surface area (Å²) in [6.45, 7) is 2.41. The molecule has 2 aromatic heterocycles. The Morgan fingerprint density at radius 3 is 2.61 bits per heavy atom. The predicted octanol–water partition coefficient (Wildman–Crippen LogP) is 5.54. The van der Waals surface area contributed by atoms with Gasteiger partial charge in [-0.1, -0.05) is 42.5 Å². The molecule has 0 fully saturated rings. The molecule has 31 heavy (non-hydrogen) atoms. The van der Waals surface area contributed by atoms with Gasteiger partial charge in [0.2, 0.25) is 5.91 Å². The first-order valence-electron chi connectivity index (χ1n) is 9.88. The van der Waals surface area contributed by atoms with Crippen LogP contribution >= 0.6 is 11.3 Å². The SMILES string of the molecule is Cc1nc(COc2ccc(/C=C/C(=O)NC(c3ccccc3)c3ccco3)cc2)cs1. The van der Waals surface area contributed by atoms with Crippen LogP contribution in [0.2, 0.25) is 0 Å². The summed E-state index contributed by atoms with van der Waals surface area (Å²) in [4.78, 5) is 16.9. The number of thiazole rings is 1. The van der Waals surface area contributed by atoms with Crippen molar-refractivity contribution in [2.24, 2.45) is 0 Å². The summed E-state index contributed by atoms with van der Waals surface area (Å²) in [6.07, 6.45) is 4.90. The van der Waals surface area contributed by atoms with Crippen molar-refractivity contribution in [2.75, 3.05) is 0 Å². The number of amides is 1. The molecule has 1 unspecified atom stereocenters. The molecule has 0 radical (unpaired) electrons. The van der Waals surface area contributed by atoms with Crippen LogP contribution in [0.4, 0.5) is 0 Å². The maximum absolute atomic E-state index is 12.6. The third kappa shape index (κ3) is 5.71. The smallest absolute Gasteiger partial charge is 0.244 e. The summed E-state index contributed by atoms with van der Waals surface area (Å²) in [5, 5.41) is 6.03. The molecule has 0 bridgehead atoms. The van der Waals surface area contributed by atoms with Crippen LogP contribution in [-0.4, -0.2) is 10.9 Å². The van der Waals surface area contributed by atoms with E-state index in [0.29, 0.717) is 12.4 Å². The molecule has 1 N–H and O–H groups in total. The number of aryl methyl sites for hydroxylation is 1. The second-order valence-electron chi connectivity index (χ2n) is 6.92. The van der Waals surface area contributed by atoms with Gasteiger partial charge in [0.05, 0.1) is 17.0 Å². The Morgan fingerprint density at radius 1 is 1.13 bits per heavy atom. The van der Waals surface area contributed by atoms with E-state index in [-0.39, 0.29) is 11.9 Å². The molecular weight excluding hydrogens is 408 g/mol. The minimum absolute atomic E-state index is 0.204. The Kier molecular flexibility index (Phi) is 6.59. The van der Waals surface area contributed by atoms with Gasteiger partial charge in [0.15, 0.2) is 0 Å². The number of hydrogen-bond donors (Lipinski definition) is 1. The third-order valence-corrected chi connectivity index (χ3v) is 5.43.